The van der Waals surface area contributed by atoms with E-state index in [1.54, 1.807) is 37.4 Å². The molecule has 0 aliphatic carbocycles. The molecule has 5 nitrogen and oxygen atoms in total. The van der Waals surface area contributed by atoms with Crippen molar-refractivity contribution in [1.29, 1.82) is 0 Å². The Morgan fingerprint density at radius 2 is 1.95 bits per heavy atom. The van der Waals surface area contributed by atoms with E-state index in [1.807, 2.05) is 12.1 Å². The molecule has 116 valence electrons. The zero-order chi connectivity index (χ0) is 15.9. The SMILES string of the molecule is COCCNC(=O)c1cc(N)ccc1Nc1ccc(Cl)cc1. The van der Waals surface area contributed by atoms with E-state index in [2.05, 4.69) is 10.6 Å². The molecule has 0 aromatic heterocycles. The first-order valence-corrected chi connectivity index (χ1v) is 7.17. The van der Waals surface area contributed by atoms with E-state index >= 15 is 0 Å². The Bertz CT molecular complexity index is 644. The lowest BCUT2D eigenvalue weighted by Crippen LogP contribution is -2.27. The largest absolute Gasteiger partial charge is 0.399 e. The van der Waals surface area contributed by atoms with E-state index < -0.39 is 0 Å². The number of ether oxygens (including phenoxy) is 1. The molecule has 0 bridgehead atoms. The van der Waals surface area contributed by atoms with Crippen LogP contribution in [-0.4, -0.2) is 26.2 Å². The topological polar surface area (TPSA) is 76.4 Å². The van der Waals surface area contributed by atoms with Gasteiger partial charge in [0.25, 0.3) is 5.91 Å². The van der Waals surface area contributed by atoms with Gasteiger partial charge in [-0.15, -0.1) is 0 Å². The Kier molecular flexibility index (Phi) is 5.63. The van der Waals surface area contributed by atoms with E-state index in [9.17, 15) is 4.79 Å². The van der Waals surface area contributed by atoms with Gasteiger partial charge >= 0.3 is 0 Å². The summed E-state index contributed by atoms with van der Waals surface area (Å²) in [5, 5.41) is 6.63. The minimum absolute atomic E-state index is 0.208. The Balaban J connectivity index is 2.19. The number of nitrogens with two attached hydrogens (primary N) is 1. The molecule has 0 fully saturated rings. The van der Waals surface area contributed by atoms with Crippen LogP contribution in [0.2, 0.25) is 5.02 Å². The summed E-state index contributed by atoms with van der Waals surface area (Å²) in [5.74, 6) is -0.208. The molecule has 0 unspecified atom stereocenters. The molecule has 0 saturated carbocycles. The third kappa shape index (κ3) is 4.38. The monoisotopic (exact) mass is 319 g/mol. The highest BCUT2D eigenvalue weighted by Crippen LogP contribution is 2.24. The number of carbonyl (C=O) groups excluding carboxylic acids is 1. The fourth-order valence-corrected chi connectivity index (χ4v) is 2.04. The van der Waals surface area contributed by atoms with Gasteiger partial charge in [0.1, 0.15) is 0 Å². The Hall–Kier alpha value is -2.24. The minimum Gasteiger partial charge on any atom is -0.399 e. The van der Waals surface area contributed by atoms with E-state index in [0.29, 0.717) is 35.1 Å². The molecule has 2 rings (SSSR count). The van der Waals surface area contributed by atoms with Crippen molar-refractivity contribution < 1.29 is 9.53 Å². The second-order valence-corrected chi connectivity index (χ2v) is 5.12. The second kappa shape index (κ2) is 7.68. The summed E-state index contributed by atoms with van der Waals surface area (Å²) in [6.07, 6.45) is 0. The van der Waals surface area contributed by atoms with Gasteiger partial charge in [0.05, 0.1) is 17.9 Å². The van der Waals surface area contributed by atoms with Crippen molar-refractivity contribution in [3.63, 3.8) is 0 Å². The normalized spacial score (nSPS) is 10.3. The average molecular weight is 320 g/mol. The van der Waals surface area contributed by atoms with Crippen LogP contribution >= 0.6 is 11.6 Å². The Morgan fingerprint density at radius 3 is 2.64 bits per heavy atom. The number of nitrogen functional groups attached to an aromatic ring is 1. The van der Waals surface area contributed by atoms with Crippen molar-refractivity contribution in [3.05, 3.63) is 53.1 Å². The molecule has 0 heterocycles. The van der Waals surface area contributed by atoms with Crippen molar-refractivity contribution in [2.45, 2.75) is 0 Å². The fraction of sp³-hybridized carbons (Fsp3) is 0.188. The number of rotatable bonds is 6. The van der Waals surface area contributed by atoms with Crippen molar-refractivity contribution in [2.75, 3.05) is 31.3 Å². The molecule has 0 radical (unpaired) electrons. The molecule has 6 heteroatoms. The first-order chi connectivity index (χ1) is 10.6. The van der Waals surface area contributed by atoms with Crippen LogP contribution in [0.4, 0.5) is 17.1 Å². The van der Waals surface area contributed by atoms with E-state index in [1.165, 1.54) is 0 Å². The number of halogens is 1. The highest BCUT2D eigenvalue weighted by atomic mass is 35.5. The minimum atomic E-state index is -0.208. The predicted octanol–water partition coefficient (Wildman–Crippen LogP) is 3.04. The molecule has 0 atom stereocenters. The molecule has 22 heavy (non-hydrogen) atoms. The third-order valence-electron chi connectivity index (χ3n) is 3.00. The number of amides is 1. The van der Waals surface area contributed by atoms with Crippen LogP contribution in [0.3, 0.4) is 0 Å². The van der Waals surface area contributed by atoms with Crippen LogP contribution in [0.5, 0.6) is 0 Å². The van der Waals surface area contributed by atoms with Crippen LogP contribution in [0, 0.1) is 0 Å². The van der Waals surface area contributed by atoms with Gasteiger partial charge in [0, 0.05) is 30.1 Å². The molecule has 0 spiro atoms. The van der Waals surface area contributed by atoms with Gasteiger partial charge in [0.2, 0.25) is 0 Å². The van der Waals surface area contributed by atoms with Crippen molar-refractivity contribution in [2.24, 2.45) is 0 Å². The van der Waals surface area contributed by atoms with Gasteiger partial charge in [-0.05, 0) is 42.5 Å². The number of hydrogen-bond donors (Lipinski definition) is 3. The first-order valence-electron chi connectivity index (χ1n) is 6.79. The maximum Gasteiger partial charge on any atom is 0.253 e. The van der Waals surface area contributed by atoms with Crippen LogP contribution in [0.1, 0.15) is 10.4 Å². The maximum absolute atomic E-state index is 12.3. The van der Waals surface area contributed by atoms with Gasteiger partial charge in [-0.2, -0.15) is 0 Å². The lowest BCUT2D eigenvalue weighted by molar-refractivity contribution is 0.0938. The maximum atomic E-state index is 12.3. The standard InChI is InChI=1S/C16H18ClN3O2/c1-22-9-8-19-16(21)14-10-12(18)4-7-15(14)20-13-5-2-11(17)3-6-13/h2-7,10,20H,8-9,18H2,1H3,(H,19,21). The average Bonchev–Trinajstić information content (AvgIpc) is 2.51. The van der Waals surface area contributed by atoms with Crippen LogP contribution in [0.25, 0.3) is 0 Å². The van der Waals surface area contributed by atoms with Gasteiger partial charge in [-0.25, -0.2) is 0 Å². The summed E-state index contributed by atoms with van der Waals surface area (Å²) in [6.45, 7) is 0.887. The number of carbonyl (C=O) groups is 1. The van der Waals surface area contributed by atoms with Gasteiger partial charge in [-0.3, -0.25) is 4.79 Å². The zero-order valence-corrected chi connectivity index (χ0v) is 13.0. The second-order valence-electron chi connectivity index (χ2n) is 4.69. The Labute approximate surface area is 134 Å². The number of anilines is 3. The van der Waals surface area contributed by atoms with E-state index in [0.717, 1.165) is 5.69 Å². The zero-order valence-electron chi connectivity index (χ0n) is 12.2. The third-order valence-corrected chi connectivity index (χ3v) is 3.26. The van der Waals surface area contributed by atoms with Gasteiger partial charge in [0.15, 0.2) is 0 Å². The van der Waals surface area contributed by atoms with E-state index in [4.69, 9.17) is 22.1 Å². The molecule has 2 aromatic rings. The molecule has 0 aliphatic heterocycles. The number of benzene rings is 2. The summed E-state index contributed by atoms with van der Waals surface area (Å²) in [4.78, 5) is 12.3. The molecular formula is C16H18ClN3O2. The quantitative estimate of drug-likeness (QED) is 0.565. The molecule has 4 N–H and O–H groups in total. The predicted molar refractivity (Wildman–Crippen MR) is 89.8 cm³/mol. The lowest BCUT2D eigenvalue weighted by atomic mass is 10.1. The molecule has 2 aromatic carbocycles. The molecular weight excluding hydrogens is 302 g/mol. The summed E-state index contributed by atoms with van der Waals surface area (Å²) >= 11 is 5.87. The lowest BCUT2D eigenvalue weighted by Gasteiger charge is -2.13. The van der Waals surface area contributed by atoms with Gasteiger partial charge < -0.3 is 21.1 Å². The van der Waals surface area contributed by atoms with Crippen LogP contribution in [0.15, 0.2) is 42.5 Å². The van der Waals surface area contributed by atoms with Crippen LogP contribution in [-0.2, 0) is 4.74 Å². The Morgan fingerprint density at radius 1 is 1.23 bits per heavy atom. The summed E-state index contributed by atoms with van der Waals surface area (Å²) in [6, 6.07) is 12.4. The highest BCUT2D eigenvalue weighted by Gasteiger charge is 2.12. The first kappa shape index (κ1) is 16.1. The number of nitrogens with one attached hydrogen (secondary N) is 2. The molecule has 0 aliphatic rings. The van der Waals surface area contributed by atoms with E-state index in [-0.39, 0.29) is 5.91 Å². The van der Waals surface area contributed by atoms with Gasteiger partial charge in [-0.1, -0.05) is 11.6 Å². The molecule has 1 amide bonds. The fourth-order valence-electron chi connectivity index (χ4n) is 1.91. The van der Waals surface area contributed by atoms with Crippen molar-refractivity contribution >= 4 is 34.6 Å². The van der Waals surface area contributed by atoms with Crippen molar-refractivity contribution in [3.8, 4) is 0 Å². The summed E-state index contributed by atoms with van der Waals surface area (Å²) < 4.78 is 4.92. The molecule has 0 saturated heterocycles. The smallest absolute Gasteiger partial charge is 0.253 e. The van der Waals surface area contributed by atoms with Crippen molar-refractivity contribution in [1.82, 2.24) is 5.32 Å². The van der Waals surface area contributed by atoms with Crippen LogP contribution < -0.4 is 16.4 Å². The number of methoxy groups -OCH3 is 1. The highest BCUT2D eigenvalue weighted by molar-refractivity contribution is 6.30. The summed E-state index contributed by atoms with van der Waals surface area (Å²) in [5.41, 5.74) is 8.29. The summed E-state index contributed by atoms with van der Waals surface area (Å²) in [7, 11) is 1.58. The number of hydrogen-bond acceptors (Lipinski definition) is 4.